The molecule has 0 aromatic heterocycles. The third kappa shape index (κ3) is 1.48. The smallest absolute Gasteiger partial charge is 0.323 e. The molecule has 0 aromatic carbocycles. The molecule has 5 atom stereocenters. The van der Waals surface area contributed by atoms with Gasteiger partial charge in [0, 0.05) is 13.1 Å². The molecule has 1 aliphatic carbocycles. The number of ether oxygens (including phenoxy) is 1. The summed E-state index contributed by atoms with van der Waals surface area (Å²) in [5.74, 6) is 2.36. The zero-order valence-electron chi connectivity index (χ0n) is 9.32. The molecule has 3 heterocycles. The van der Waals surface area contributed by atoms with E-state index in [9.17, 15) is 4.79 Å². The second-order valence-electron chi connectivity index (χ2n) is 5.35. The van der Waals surface area contributed by atoms with E-state index in [0.717, 1.165) is 24.9 Å². The molecule has 3 aliphatic heterocycles. The van der Waals surface area contributed by atoms with Crippen molar-refractivity contribution in [1.29, 1.82) is 0 Å². The molecule has 0 radical (unpaired) electrons. The van der Waals surface area contributed by atoms with E-state index < -0.39 is 0 Å². The van der Waals surface area contributed by atoms with E-state index in [2.05, 4.69) is 4.90 Å². The highest BCUT2D eigenvalue weighted by atomic mass is 16.5. The van der Waals surface area contributed by atoms with Gasteiger partial charge in [-0.1, -0.05) is 0 Å². The number of hydrogen-bond acceptors (Lipinski definition) is 3. The van der Waals surface area contributed by atoms with E-state index in [-0.39, 0.29) is 12.0 Å². The first kappa shape index (κ1) is 9.64. The van der Waals surface area contributed by atoms with Crippen LogP contribution in [0.25, 0.3) is 0 Å². The van der Waals surface area contributed by atoms with Gasteiger partial charge >= 0.3 is 5.97 Å². The minimum absolute atomic E-state index is 0.0290. The van der Waals surface area contributed by atoms with Crippen LogP contribution in [0.4, 0.5) is 0 Å². The molecule has 4 fully saturated rings. The number of piperidine rings is 3. The van der Waals surface area contributed by atoms with E-state index in [1.54, 1.807) is 0 Å². The Morgan fingerprint density at radius 1 is 1.27 bits per heavy atom. The van der Waals surface area contributed by atoms with Crippen molar-refractivity contribution in [3.63, 3.8) is 0 Å². The van der Waals surface area contributed by atoms with Crippen molar-refractivity contribution in [2.45, 2.75) is 32.2 Å². The first-order chi connectivity index (χ1) is 7.28. The second kappa shape index (κ2) is 3.48. The Morgan fingerprint density at radius 2 is 1.93 bits per heavy atom. The van der Waals surface area contributed by atoms with E-state index in [1.807, 2.05) is 6.92 Å². The topological polar surface area (TPSA) is 29.5 Å². The lowest BCUT2D eigenvalue weighted by Crippen LogP contribution is -2.62. The highest BCUT2D eigenvalue weighted by molar-refractivity contribution is 5.76. The first-order valence-corrected chi connectivity index (χ1v) is 6.18. The van der Waals surface area contributed by atoms with E-state index in [1.165, 1.54) is 19.3 Å². The van der Waals surface area contributed by atoms with Crippen LogP contribution in [-0.2, 0) is 9.53 Å². The van der Waals surface area contributed by atoms with E-state index in [0.29, 0.717) is 12.5 Å². The van der Waals surface area contributed by atoms with Crippen molar-refractivity contribution in [2.24, 2.45) is 17.8 Å². The molecule has 3 heteroatoms. The van der Waals surface area contributed by atoms with Crippen LogP contribution in [0.3, 0.4) is 0 Å². The number of rotatable bonds is 2. The fourth-order valence-corrected chi connectivity index (χ4v) is 4.00. The van der Waals surface area contributed by atoms with Crippen LogP contribution in [0.2, 0.25) is 0 Å². The Balaban J connectivity index is 1.77. The van der Waals surface area contributed by atoms with Gasteiger partial charge in [-0.2, -0.15) is 0 Å². The summed E-state index contributed by atoms with van der Waals surface area (Å²) in [6.07, 6.45) is 3.93. The number of carbonyl (C=O) groups is 1. The van der Waals surface area contributed by atoms with Gasteiger partial charge in [0.1, 0.15) is 6.04 Å². The van der Waals surface area contributed by atoms with Crippen LogP contribution in [0, 0.1) is 17.8 Å². The Kier molecular flexibility index (Phi) is 2.23. The molecule has 84 valence electrons. The number of hydrogen-bond donors (Lipinski definition) is 0. The molecular weight excluding hydrogens is 190 g/mol. The highest BCUT2D eigenvalue weighted by Gasteiger charge is 2.50. The normalized spacial score (nSPS) is 46.9. The molecular formula is C12H19NO2. The van der Waals surface area contributed by atoms with Crippen molar-refractivity contribution >= 4 is 5.97 Å². The van der Waals surface area contributed by atoms with Crippen LogP contribution in [0.15, 0.2) is 0 Å². The largest absolute Gasteiger partial charge is 0.465 e. The zero-order chi connectivity index (χ0) is 10.4. The quantitative estimate of drug-likeness (QED) is 0.642. The average molecular weight is 209 g/mol. The van der Waals surface area contributed by atoms with Gasteiger partial charge in [-0.3, -0.25) is 9.69 Å². The summed E-state index contributed by atoms with van der Waals surface area (Å²) in [6, 6.07) is 0.0951. The summed E-state index contributed by atoms with van der Waals surface area (Å²) in [6.45, 7) is 4.68. The van der Waals surface area contributed by atoms with Gasteiger partial charge in [0.25, 0.3) is 0 Å². The Hall–Kier alpha value is -0.570. The highest BCUT2D eigenvalue weighted by Crippen LogP contribution is 2.46. The fourth-order valence-electron chi connectivity index (χ4n) is 4.00. The molecule has 2 unspecified atom stereocenters. The van der Waals surface area contributed by atoms with Crippen LogP contribution < -0.4 is 0 Å². The summed E-state index contributed by atoms with van der Waals surface area (Å²) in [5, 5.41) is 0. The summed E-state index contributed by atoms with van der Waals surface area (Å²) < 4.78 is 5.19. The van der Waals surface area contributed by atoms with Gasteiger partial charge in [0.05, 0.1) is 6.61 Å². The van der Waals surface area contributed by atoms with Gasteiger partial charge in [-0.25, -0.2) is 0 Å². The maximum absolute atomic E-state index is 11.9. The molecule has 15 heavy (non-hydrogen) atoms. The predicted molar refractivity (Wildman–Crippen MR) is 56.3 cm³/mol. The third-order valence-electron chi connectivity index (χ3n) is 4.29. The van der Waals surface area contributed by atoms with Crippen molar-refractivity contribution < 1.29 is 9.53 Å². The van der Waals surface area contributed by atoms with Crippen molar-refractivity contribution in [3.05, 3.63) is 0 Å². The molecule has 3 nitrogen and oxygen atoms in total. The first-order valence-electron chi connectivity index (χ1n) is 6.18. The van der Waals surface area contributed by atoms with Gasteiger partial charge < -0.3 is 4.74 Å². The maximum atomic E-state index is 11.9. The van der Waals surface area contributed by atoms with Crippen LogP contribution >= 0.6 is 0 Å². The Labute approximate surface area is 90.8 Å². The molecule has 0 amide bonds. The summed E-state index contributed by atoms with van der Waals surface area (Å²) >= 11 is 0. The monoisotopic (exact) mass is 209 g/mol. The average Bonchev–Trinajstić information content (AvgIpc) is 2.15. The summed E-state index contributed by atoms with van der Waals surface area (Å²) in [5.41, 5.74) is 0. The Bertz CT molecular complexity index is 249. The van der Waals surface area contributed by atoms with Gasteiger partial charge in [0.15, 0.2) is 0 Å². The molecule has 4 bridgehead atoms. The summed E-state index contributed by atoms with van der Waals surface area (Å²) in [4.78, 5) is 14.3. The van der Waals surface area contributed by atoms with Crippen molar-refractivity contribution in [1.82, 2.24) is 4.90 Å². The molecule has 3 saturated heterocycles. The molecule has 4 aliphatic rings. The lowest BCUT2D eigenvalue weighted by atomic mass is 9.65. The Morgan fingerprint density at radius 3 is 2.47 bits per heavy atom. The minimum Gasteiger partial charge on any atom is -0.465 e. The molecule has 1 saturated carbocycles. The van der Waals surface area contributed by atoms with Gasteiger partial charge in [-0.05, 0) is 43.9 Å². The molecule has 0 aromatic rings. The van der Waals surface area contributed by atoms with E-state index in [4.69, 9.17) is 4.74 Å². The van der Waals surface area contributed by atoms with Crippen molar-refractivity contribution in [3.8, 4) is 0 Å². The van der Waals surface area contributed by atoms with Crippen LogP contribution in [-0.4, -0.2) is 36.6 Å². The SMILES string of the molecule is CCOC(=O)[C@H]1C2C[C@@H]3C[C@H](C2)CN1C3. The van der Waals surface area contributed by atoms with E-state index >= 15 is 0 Å². The maximum Gasteiger partial charge on any atom is 0.323 e. The molecule has 0 spiro atoms. The molecule has 4 rings (SSSR count). The van der Waals surface area contributed by atoms with Gasteiger partial charge in [0.2, 0.25) is 0 Å². The zero-order valence-corrected chi connectivity index (χ0v) is 9.32. The van der Waals surface area contributed by atoms with Gasteiger partial charge in [-0.15, -0.1) is 0 Å². The minimum atomic E-state index is 0.0290. The molecule has 0 N–H and O–H groups in total. The van der Waals surface area contributed by atoms with Crippen LogP contribution in [0.1, 0.15) is 26.2 Å². The number of esters is 1. The third-order valence-corrected chi connectivity index (χ3v) is 4.29. The fraction of sp³-hybridized carbons (Fsp3) is 0.917. The lowest BCUT2D eigenvalue weighted by molar-refractivity contribution is -0.163. The standard InChI is InChI=1S/C12H19NO2/c1-2-15-12(14)11-10-4-8-3-9(5-10)7-13(11)6-8/h8-11H,2-7H2,1H3/t8-,9+,10?,11-/m1/s1. The predicted octanol–water partition coefficient (Wildman–Crippen LogP) is 1.28. The van der Waals surface area contributed by atoms with Crippen LogP contribution in [0.5, 0.6) is 0 Å². The lowest BCUT2D eigenvalue weighted by Gasteiger charge is -2.55. The second-order valence-corrected chi connectivity index (χ2v) is 5.35. The van der Waals surface area contributed by atoms with Crippen molar-refractivity contribution in [2.75, 3.05) is 19.7 Å². The number of carbonyl (C=O) groups excluding carboxylic acids is 1. The number of nitrogens with zero attached hydrogens (tertiary/aromatic N) is 1. The summed E-state index contributed by atoms with van der Waals surface area (Å²) in [7, 11) is 0.